The number of carbonyl (C=O) groups is 2. The highest BCUT2D eigenvalue weighted by Crippen LogP contribution is 2.15. The van der Waals surface area contributed by atoms with E-state index in [1.807, 2.05) is 6.07 Å². The van der Waals surface area contributed by atoms with Crippen molar-refractivity contribution in [1.82, 2.24) is 9.55 Å². The second kappa shape index (κ2) is 8.71. The van der Waals surface area contributed by atoms with Gasteiger partial charge in [0.1, 0.15) is 5.82 Å². The lowest BCUT2D eigenvalue weighted by Gasteiger charge is -2.23. The second-order valence-corrected chi connectivity index (χ2v) is 7.15. The zero-order valence-electron chi connectivity index (χ0n) is 16.6. The predicted octanol–water partition coefficient (Wildman–Crippen LogP) is 2.19. The summed E-state index contributed by atoms with van der Waals surface area (Å²) in [7, 11) is 0. The van der Waals surface area contributed by atoms with Crippen LogP contribution in [-0.4, -0.2) is 32.1 Å². The summed E-state index contributed by atoms with van der Waals surface area (Å²) in [6, 6.07) is 15.0. The molecule has 2 amide bonds. The molecule has 8 nitrogen and oxygen atoms in total. The van der Waals surface area contributed by atoms with Gasteiger partial charge in [0.05, 0.1) is 18.4 Å². The molecule has 0 fully saturated rings. The van der Waals surface area contributed by atoms with Gasteiger partial charge in [0.15, 0.2) is 5.60 Å². The molecule has 3 rings (SSSR count). The summed E-state index contributed by atoms with van der Waals surface area (Å²) in [5.41, 5.74) is -0.485. The van der Waals surface area contributed by atoms with E-state index in [4.69, 9.17) is 0 Å². The minimum Gasteiger partial charge on any atom is -0.378 e. The molecule has 0 unspecified atom stereocenters. The Hall–Kier alpha value is -3.78. The molecular formula is C22H22N4O4. The van der Waals surface area contributed by atoms with Gasteiger partial charge in [-0.05, 0) is 49.7 Å². The van der Waals surface area contributed by atoms with E-state index in [2.05, 4.69) is 15.6 Å². The average molecular weight is 406 g/mol. The third kappa shape index (κ3) is 5.18. The Bertz CT molecular complexity index is 1110. The topological polar surface area (TPSA) is 113 Å². The van der Waals surface area contributed by atoms with Crippen molar-refractivity contribution < 1.29 is 14.7 Å². The molecule has 30 heavy (non-hydrogen) atoms. The van der Waals surface area contributed by atoms with Crippen LogP contribution in [0.5, 0.6) is 0 Å². The number of amides is 2. The molecule has 154 valence electrons. The Labute approximate surface area is 173 Å². The van der Waals surface area contributed by atoms with E-state index in [9.17, 15) is 19.5 Å². The monoisotopic (exact) mass is 406 g/mol. The largest absolute Gasteiger partial charge is 0.378 e. The molecule has 3 N–H and O–H groups in total. The van der Waals surface area contributed by atoms with Crippen LogP contribution in [0.4, 0.5) is 11.5 Å². The summed E-state index contributed by atoms with van der Waals surface area (Å²) < 4.78 is 1.27. The summed E-state index contributed by atoms with van der Waals surface area (Å²) in [5.74, 6) is -0.663. The highest BCUT2D eigenvalue weighted by Gasteiger charge is 2.31. The van der Waals surface area contributed by atoms with Gasteiger partial charge in [-0.2, -0.15) is 0 Å². The van der Waals surface area contributed by atoms with Crippen molar-refractivity contribution in [2.24, 2.45) is 0 Å². The number of anilines is 2. The first-order valence-corrected chi connectivity index (χ1v) is 9.28. The number of carbonyl (C=O) groups excluding carboxylic acids is 2. The van der Waals surface area contributed by atoms with Crippen molar-refractivity contribution in [2.45, 2.75) is 26.0 Å². The molecule has 0 saturated carbocycles. The van der Waals surface area contributed by atoms with Gasteiger partial charge in [-0.15, -0.1) is 0 Å². The molecule has 0 spiro atoms. The lowest BCUT2D eigenvalue weighted by molar-refractivity contribution is -0.133. The van der Waals surface area contributed by atoms with Gasteiger partial charge in [0.25, 0.3) is 17.4 Å². The number of aromatic nitrogens is 2. The third-order valence-electron chi connectivity index (χ3n) is 4.42. The first-order chi connectivity index (χ1) is 14.2. The molecular weight excluding hydrogens is 384 g/mol. The number of hydrogen-bond donors (Lipinski definition) is 3. The number of aryl methyl sites for hydroxylation is 1. The quantitative estimate of drug-likeness (QED) is 0.581. The number of nitrogens with one attached hydrogen (secondary N) is 2. The predicted molar refractivity (Wildman–Crippen MR) is 113 cm³/mol. The third-order valence-corrected chi connectivity index (χ3v) is 4.42. The number of aliphatic hydroxyl groups is 1. The lowest BCUT2D eigenvalue weighted by atomic mass is 10.1. The van der Waals surface area contributed by atoms with Crippen LogP contribution in [0.3, 0.4) is 0 Å². The highest BCUT2D eigenvalue weighted by atomic mass is 16.3. The fourth-order valence-corrected chi connectivity index (χ4v) is 2.73. The van der Waals surface area contributed by atoms with Gasteiger partial charge < -0.3 is 20.3 Å². The number of nitrogens with zero attached hydrogens (tertiary/aromatic N) is 2. The molecule has 0 saturated heterocycles. The van der Waals surface area contributed by atoms with Gasteiger partial charge in [0.2, 0.25) is 0 Å². The SMILES string of the molecule is Cc1ccn(C[C@@](C)(O)C(=O)Nc2ccc(NC(=O)c3ccccc3)nc2)c(=O)c1. The van der Waals surface area contributed by atoms with Crippen LogP contribution in [0.1, 0.15) is 22.8 Å². The molecule has 2 aromatic heterocycles. The summed E-state index contributed by atoms with van der Waals surface area (Å²) in [4.78, 5) is 40.7. The smallest absolute Gasteiger partial charge is 0.257 e. The van der Waals surface area contributed by atoms with Crippen molar-refractivity contribution in [3.63, 3.8) is 0 Å². The standard InChI is InChI=1S/C22H22N4O4/c1-15-10-11-26(19(27)12-15)14-22(2,30)21(29)24-17-8-9-18(23-13-17)25-20(28)16-6-4-3-5-7-16/h3-13,30H,14H2,1-2H3,(H,24,29)(H,23,25,28)/t22-/m1/s1. The van der Waals surface area contributed by atoms with Crippen LogP contribution in [0, 0.1) is 6.92 Å². The first kappa shape index (κ1) is 20.9. The van der Waals surface area contributed by atoms with Gasteiger partial charge in [-0.3, -0.25) is 14.4 Å². The van der Waals surface area contributed by atoms with Crippen molar-refractivity contribution in [3.05, 3.63) is 88.5 Å². The maximum absolute atomic E-state index is 12.5. The molecule has 1 aromatic carbocycles. The highest BCUT2D eigenvalue weighted by molar-refractivity contribution is 6.03. The van der Waals surface area contributed by atoms with Crippen LogP contribution in [0.15, 0.2) is 71.8 Å². The number of benzene rings is 1. The number of rotatable bonds is 6. The van der Waals surface area contributed by atoms with Gasteiger partial charge >= 0.3 is 0 Å². The normalized spacial score (nSPS) is 12.6. The molecule has 1 atom stereocenters. The summed E-state index contributed by atoms with van der Waals surface area (Å²) in [6.45, 7) is 2.92. The van der Waals surface area contributed by atoms with Gasteiger partial charge in [-0.25, -0.2) is 4.98 Å². The lowest BCUT2D eigenvalue weighted by Crippen LogP contribution is -2.45. The van der Waals surface area contributed by atoms with E-state index in [1.54, 1.807) is 43.3 Å². The molecule has 0 aliphatic rings. The van der Waals surface area contributed by atoms with E-state index < -0.39 is 11.5 Å². The van der Waals surface area contributed by atoms with Crippen molar-refractivity contribution in [2.75, 3.05) is 10.6 Å². The van der Waals surface area contributed by atoms with E-state index in [1.165, 1.54) is 36.0 Å². The summed E-state index contributed by atoms with van der Waals surface area (Å²) in [6.07, 6.45) is 2.90. The van der Waals surface area contributed by atoms with E-state index >= 15 is 0 Å². The molecule has 2 heterocycles. The fourth-order valence-electron chi connectivity index (χ4n) is 2.73. The molecule has 8 heteroatoms. The van der Waals surface area contributed by atoms with E-state index in [-0.39, 0.29) is 18.0 Å². The minimum atomic E-state index is -1.82. The Kier molecular flexibility index (Phi) is 6.08. The first-order valence-electron chi connectivity index (χ1n) is 9.28. The Morgan fingerprint density at radius 2 is 1.83 bits per heavy atom. The summed E-state index contributed by atoms with van der Waals surface area (Å²) >= 11 is 0. The van der Waals surface area contributed by atoms with Crippen LogP contribution < -0.4 is 16.2 Å². The van der Waals surface area contributed by atoms with Crippen LogP contribution >= 0.6 is 0 Å². The maximum Gasteiger partial charge on any atom is 0.257 e. The molecule has 0 radical (unpaired) electrons. The van der Waals surface area contributed by atoms with E-state index in [0.717, 1.165) is 5.56 Å². The van der Waals surface area contributed by atoms with Crippen LogP contribution in [-0.2, 0) is 11.3 Å². The fraction of sp³-hybridized carbons (Fsp3) is 0.182. The van der Waals surface area contributed by atoms with Crippen molar-refractivity contribution >= 4 is 23.3 Å². The van der Waals surface area contributed by atoms with Crippen LogP contribution in [0.25, 0.3) is 0 Å². The summed E-state index contributed by atoms with van der Waals surface area (Å²) in [5, 5.41) is 15.8. The van der Waals surface area contributed by atoms with E-state index in [0.29, 0.717) is 17.1 Å². The molecule has 0 aliphatic carbocycles. The number of hydrogen-bond acceptors (Lipinski definition) is 5. The average Bonchev–Trinajstić information content (AvgIpc) is 2.72. The molecule has 0 aliphatic heterocycles. The molecule has 3 aromatic rings. The van der Waals surface area contributed by atoms with Gasteiger partial charge in [0, 0.05) is 17.8 Å². The Morgan fingerprint density at radius 3 is 2.47 bits per heavy atom. The number of pyridine rings is 2. The maximum atomic E-state index is 12.5. The van der Waals surface area contributed by atoms with Crippen molar-refractivity contribution in [3.8, 4) is 0 Å². The van der Waals surface area contributed by atoms with Crippen LogP contribution in [0.2, 0.25) is 0 Å². The zero-order valence-corrected chi connectivity index (χ0v) is 16.6. The van der Waals surface area contributed by atoms with Gasteiger partial charge in [-0.1, -0.05) is 18.2 Å². The Balaban J connectivity index is 1.63. The zero-order chi connectivity index (χ0) is 21.7. The van der Waals surface area contributed by atoms with Crippen molar-refractivity contribution in [1.29, 1.82) is 0 Å². The molecule has 0 bridgehead atoms. The Morgan fingerprint density at radius 1 is 1.10 bits per heavy atom. The second-order valence-electron chi connectivity index (χ2n) is 7.15. The minimum absolute atomic E-state index is 0.198.